The van der Waals surface area contributed by atoms with Crippen LogP contribution in [0.1, 0.15) is 28.1 Å². The van der Waals surface area contributed by atoms with Crippen LogP contribution in [0.5, 0.6) is 5.75 Å². The molecule has 1 amide bonds. The minimum absolute atomic E-state index is 0.0294. The number of nitrogens with zero attached hydrogens (tertiary/aromatic N) is 3. The molecule has 1 saturated heterocycles. The molecule has 0 unspecified atom stereocenters. The Morgan fingerprint density at radius 3 is 2.46 bits per heavy atom. The zero-order chi connectivity index (χ0) is 25.4. The molecule has 1 N–H and O–H groups in total. The van der Waals surface area contributed by atoms with Gasteiger partial charge in [-0.1, -0.05) is 15.9 Å². The molecule has 2 aromatic carbocycles. The summed E-state index contributed by atoms with van der Waals surface area (Å²) in [6.45, 7) is 7.80. The number of carbonyl (C=O) groups is 1. The Hall–Kier alpha value is -3.37. The summed E-state index contributed by atoms with van der Waals surface area (Å²) in [6, 6.07) is 10.3. The highest BCUT2D eigenvalue weighted by atomic mass is 79.9. The number of hydrogen-bond donors (Lipinski definition) is 1. The normalized spacial score (nSPS) is 15.7. The minimum Gasteiger partial charge on any atom is -0.495 e. The van der Waals surface area contributed by atoms with Crippen molar-refractivity contribution in [3.05, 3.63) is 84.0 Å². The van der Waals surface area contributed by atoms with Crippen LogP contribution in [0.4, 0.5) is 11.4 Å². The van der Waals surface area contributed by atoms with Crippen LogP contribution < -0.4 is 10.1 Å². The molecule has 0 saturated carbocycles. The lowest BCUT2D eigenvalue weighted by Gasteiger charge is -2.13. The fourth-order valence-electron chi connectivity index (χ4n) is 4.00. The average molecular weight is 555 g/mol. The average Bonchev–Trinajstić information content (AvgIpc) is 3.28. The number of aryl methyl sites for hydroxylation is 3. The lowest BCUT2D eigenvalue weighted by Crippen LogP contribution is -2.19. The molecule has 2 heterocycles. The molecule has 0 radical (unpaired) electrons. The number of amides is 1. The van der Waals surface area contributed by atoms with Crippen molar-refractivity contribution in [3.63, 3.8) is 0 Å². The van der Waals surface area contributed by atoms with Crippen LogP contribution in [0.2, 0.25) is 0 Å². The van der Waals surface area contributed by atoms with E-state index in [1.807, 2.05) is 56.5 Å². The van der Waals surface area contributed by atoms with Gasteiger partial charge in [0.15, 0.2) is 5.17 Å². The van der Waals surface area contributed by atoms with E-state index in [4.69, 9.17) is 4.74 Å². The Morgan fingerprint density at radius 1 is 1.14 bits per heavy atom. The van der Waals surface area contributed by atoms with E-state index in [9.17, 15) is 14.9 Å². The van der Waals surface area contributed by atoms with E-state index in [2.05, 4.69) is 26.2 Å². The fraction of sp³-hybridized carbons (Fsp3) is 0.200. The van der Waals surface area contributed by atoms with Gasteiger partial charge in [0.2, 0.25) is 0 Å². The Bertz CT molecular complexity index is 1420. The van der Waals surface area contributed by atoms with Crippen LogP contribution in [0.15, 0.2) is 50.8 Å². The fourth-order valence-corrected chi connectivity index (χ4v) is 5.06. The van der Waals surface area contributed by atoms with E-state index in [1.165, 1.54) is 31.0 Å². The Labute approximate surface area is 215 Å². The number of non-ortho nitro benzene ring substituents is 1. The number of nitro groups is 1. The van der Waals surface area contributed by atoms with Gasteiger partial charge in [0.05, 0.1) is 28.3 Å². The number of rotatable bonds is 5. The van der Waals surface area contributed by atoms with Gasteiger partial charge >= 0.3 is 0 Å². The van der Waals surface area contributed by atoms with Gasteiger partial charge in [-0.3, -0.25) is 14.9 Å². The summed E-state index contributed by atoms with van der Waals surface area (Å²) in [5.41, 5.74) is 5.94. The lowest BCUT2D eigenvalue weighted by atomic mass is 10.1. The molecule has 1 fully saturated rings. The summed E-state index contributed by atoms with van der Waals surface area (Å²) in [7, 11) is 1.52. The maximum Gasteiger partial charge on any atom is 0.271 e. The third-order valence-electron chi connectivity index (χ3n) is 5.67. The molecule has 0 bridgehead atoms. The summed E-state index contributed by atoms with van der Waals surface area (Å²) >= 11 is 4.83. The monoisotopic (exact) mass is 554 g/mol. The second kappa shape index (κ2) is 9.71. The van der Waals surface area contributed by atoms with Crippen molar-refractivity contribution in [3.8, 4) is 11.4 Å². The summed E-state index contributed by atoms with van der Waals surface area (Å²) in [5.74, 6) is 0.288. The standard InChI is InChI=1S/C25H23BrN4O4S/c1-13-8-18(9-14(2)23(13)26)27-25-28-24(31)22(35-25)11-17-10-15(3)29(16(17)4)20-12-19(30(32)33)6-7-21(20)34-5/h6-12H,1-5H3,(H,27,28,31)/b22-11-. The molecule has 1 aliphatic rings. The minimum atomic E-state index is -0.436. The molecule has 4 rings (SSSR count). The molecule has 1 aliphatic heterocycles. The van der Waals surface area contributed by atoms with Crippen molar-refractivity contribution >= 4 is 56.2 Å². The lowest BCUT2D eigenvalue weighted by molar-refractivity contribution is -0.384. The summed E-state index contributed by atoms with van der Waals surface area (Å²) in [4.78, 5) is 28.7. The van der Waals surface area contributed by atoms with Crippen LogP contribution in [0, 0.1) is 37.8 Å². The van der Waals surface area contributed by atoms with Gasteiger partial charge in [-0.2, -0.15) is 0 Å². The second-order valence-corrected chi connectivity index (χ2v) is 9.97. The summed E-state index contributed by atoms with van der Waals surface area (Å²) in [5, 5.41) is 14.7. The number of nitro benzene ring substituents is 1. The van der Waals surface area contributed by atoms with Crippen LogP contribution in [0.25, 0.3) is 11.8 Å². The van der Waals surface area contributed by atoms with E-state index >= 15 is 0 Å². The van der Waals surface area contributed by atoms with Crippen LogP contribution in [0.3, 0.4) is 0 Å². The van der Waals surface area contributed by atoms with E-state index < -0.39 is 4.92 Å². The van der Waals surface area contributed by atoms with Crippen LogP contribution in [-0.4, -0.2) is 27.7 Å². The number of nitrogens with one attached hydrogen (secondary N) is 1. The number of hydrogen-bond acceptors (Lipinski definition) is 6. The van der Waals surface area contributed by atoms with E-state index in [-0.39, 0.29) is 11.6 Å². The third-order valence-corrected chi connectivity index (χ3v) is 7.83. The molecule has 0 aliphatic carbocycles. The molecule has 35 heavy (non-hydrogen) atoms. The van der Waals surface area contributed by atoms with E-state index in [0.717, 1.165) is 38.2 Å². The van der Waals surface area contributed by atoms with Gasteiger partial charge in [0.1, 0.15) is 5.75 Å². The first-order valence-electron chi connectivity index (χ1n) is 10.7. The number of halogens is 1. The molecule has 1 aromatic heterocycles. The predicted octanol–water partition coefficient (Wildman–Crippen LogP) is 6.28. The number of aromatic nitrogens is 1. The van der Waals surface area contributed by atoms with Crippen molar-refractivity contribution in [2.24, 2.45) is 4.99 Å². The molecule has 10 heteroatoms. The molecular weight excluding hydrogens is 532 g/mol. The van der Waals surface area contributed by atoms with Gasteiger partial charge < -0.3 is 14.6 Å². The van der Waals surface area contributed by atoms with Crippen molar-refractivity contribution < 1.29 is 14.5 Å². The van der Waals surface area contributed by atoms with E-state index in [1.54, 1.807) is 6.07 Å². The van der Waals surface area contributed by atoms with Crippen molar-refractivity contribution in [1.82, 2.24) is 9.88 Å². The molecule has 8 nitrogen and oxygen atoms in total. The number of benzene rings is 2. The highest BCUT2D eigenvalue weighted by Gasteiger charge is 2.25. The smallest absolute Gasteiger partial charge is 0.271 e. The largest absolute Gasteiger partial charge is 0.495 e. The first kappa shape index (κ1) is 24.7. The SMILES string of the molecule is COc1ccc([N+](=O)[O-])cc1-n1c(C)cc(/C=C2\SC(=Nc3cc(C)c(Br)c(C)c3)NC2=O)c1C. The number of ether oxygens (including phenoxy) is 1. The number of aliphatic imine (C=N–C) groups is 1. The number of methoxy groups -OCH3 is 1. The van der Waals surface area contributed by atoms with Crippen molar-refractivity contribution in [2.75, 3.05) is 7.11 Å². The quantitative estimate of drug-likeness (QED) is 0.227. The van der Waals surface area contributed by atoms with Gasteiger partial charge in [-0.25, -0.2) is 4.99 Å². The van der Waals surface area contributed by atoms with Gasteiger partial charge in [-0.15, -0.1) is 0 Å². The first-order chi connectivity index (χ1) is 16.6. The second-order valence-electron chi connectivity index (χ2n) is 8.15. The van der Waals surface area contributed by atoms with Crippen LogP contribution >= 0.6 is 27.7 Å². The zero-order valence-electron chi connectivity index (χ0n) is 19.8. The highest BCUT2D eigenvalue weighted by molar-refractivity contribution is 9.10. The summed E-state index contributed by atoms with van der Waals surface area (Å²) in [6.07, 6.45) is 1.81. The van der Waals surface area contributed by atoms with Crippen molar-refractivity contribution in [2.45, 2.75) is 27.7 Å². The Kier molecular flexibility index (Phi) is 6.86. The van der Waals surface area contributed by atoms with E-state index in [0.29, 0.717) is 21.5 Å². The van der Waals surface area contributed by atoms with Gasteiger partial charge in [-0.05, 0) is 86.5 Å². The van der Waals surface area contributed by atoms with Crippen LogP contribution in [-0.2, 0) is 4.79 Å². The van der Waals surface area contributed by atoms with Crippen molar-refractivity contribution in [1.29, 1.82) is 0 Å². The maximum absolute atomic E-state index is 12.7. The first-order valence-corrected chi connectivity index (χ1v) is 12.3. The number of amidine groups is 1. The Balaban J connectivity index is 1.69. The van der Waals surface area contributed by atoms with Gasteiger partial charge in [0, 0.05) is 28.0 Å². The molecular formula is C25H23BrN4O4S. The third kappa shape index (κ3) is 4.89. The molecule has 0 atom stereocenters. The molecule has 0 spiro atoms. The Morgan fingerprint density at radius 2 is 1.83 bits per heavy atom. The highest BCUT2D eigenvalue weighted by Crippen LogP contribution is 2.34. The predicted molar refractivity (Wildman–Crippen MR) is 143 cm³/mol. The zero-order valence-corrected chi connectivity index (χ0v) is 22.2. The number of thioether (sulfide) groups is 1. The van der Waals surface area contributed by atoms with Gasteiger partial charge in [0.25, 0.3) is 11.6 Å². The summed E-state index contributed by atoms with van der Waals surface area (Å²) < 4.78 is 8.38. The molecule has 180 valence electrons. The number of carbonyl (C=O) groups excluding carboxylic acids is 1. The maximum atomic E-state index is 12.7. The topological polar surface area (TPSA) is 98.8 Å². The molecule has 3 aromatic rings.